The second-order valence-electron chi connectivity index (χ2n) is 5.61. The number of carbonyl (C=O) groups is 1. The number of halogens is 1. The lowest BCUT2D eigenvalue weighted by Gasteiger charge is -2.10. The largest absolute Gasteiger partial charge is 0.497 e. The molecule has 0 aliphatic rings. The number of nitrogens with zero attached hydrogens (tertiary/aromatic N) is 1. The molecule has 0 bridgehead atoms. The number of amides is 1. The number of hydrogen-bond acceptors (Lipinski definition) is 4. The van der Waals surface area contributed by atoms with Gasteiger partial charge in [-0.3, -0.25) is 9.89 Å². The number of methoxy groups -OCH3 is 2. The second-order valence-corrected chi connectivity index (χ2v) is 6.04. The van der Waals surface area contributed by atoms with E-state index in [2.05, 4.69) is 15.5 Å². The van der Waals surface area contributed by atoms with Crippen LogP contribution in [-0.4, -0.2) is 30.3 Å². The molecule has 1 heterocycles. The smallest absolute Gasteiger partial charge is 0.276 e. The van der Waals surface area contributed by atoms with E-state index < -0.39 is 0 Å². The van der Waals surface area contributed by atoms with Gasteiger partial charge in [0.2, 0.25) is 0 Å². The maximum atomic E-state index is 12.5. The highest BCUT2D eigenvalue weighted by Gasteiger charge is 2.14. The van der Waals surface area contributed by atoms with Crippen molar-refractivity contribution >= 4 is 23.2 Å². The van der Waals surface area contributed by atoms with Crippen molar-refractivity contribution in [1.29, 1.82) is 0 Å². The molecule has 0 fully saturated rings. The summed E-state index contributed by atoms with van der Waals surface area (Å²) in [6.07, 6.45) is 0.604. The maximum Gasteiger partial charge on any atom is 0.276 e. The van der Waals surface area contributed by atoms with Crippen LogP contribution in [0.1, 0.15) is 21.7 Å². The number of anilines is 1. The van der Waals surface area contributed by atoms with Gasteiger partial charge in [0.05, 0.1) is 19.9 Å². The Labute approximate surface area is 156 Å². The van der Waals surface area contributed by atoms with E-state index in [9.17, 15) is 4.79 Å². The first-order valence-electron chi connectivity index (χ1n) is 7.91. The zero-order valence-electron chi connectivity index (χ0n) is 14.4. The Kier molecular flexibility index (Phi) is 5.43. The van der Waals surface area contributed by atoms with Crippen molar-refractivity contribution in [3.05, 3.63) is 70.5 Å². The van der Waals surface area contributed by atoms with E-state index >= 15 is 0 Å². The maximum absolute atomic E-state index is 12.5. The number of carbonyl (C=O) groups excluding carboxylic acids is 1. The summed E-state index contributed by atoms with van der Waals surface area (Å²) in [5.41, 5.74) is 2.68. The Morgan fingerprint density at radius 3 is 2.73 bits per heavy atom. The Balaban J connectivity index is 1.72. The first-order chi connectivity index (χ1) is 12.6. The molecule has 0 radical (unpaired) electrons. The number of ether oxygens (including phenoxy) is 2. The van der Waals surface area contributed by atoms with Gasteiger partial charge in [-0.25, -0.2) is 0 Å². The van der Waals surface area contributed by atoms with Gasteiger partial charge in [-0.05, 0) is 35.9 Å². The van der Waals surface area contributed by atoms with Crippen LogP contribution in [0.3, 0.4) is 0 Å². The number of benzene rings is 2. The monoisotopic (exact) mass is 371 g/mol. The molecule has 26 heavy (non-hydrogen) atoms. The highest BCUT2D eigenvalue weighted by molar-refractivity contribution is 6.30. The summed E-state index contributed by atoms with van der Waals surface area (Å²) in [5, 5.41) is 10.4. The Morgan fingerprint density at radius 2 is 2.00 bits per heavy atom. The lowest BCUT2D eigenvalue weighted by Crippen LogP contribution is -2.13. The van der Waals surface area contributed by atoms with E-state index in [1.807, 2.05) is 24.3 Å². The molecule has 0 saturated heterocycles. The van der Waals surface area contributed by atoms with Gasteiger partial charge in [-0.15, -0.1) is 0 Å². The molecular formula is C19H18ClN3O3. The van der Waals surface area contributed by atoms with Crippen molar-refractivity contribution in [2.45, 2.75) is 6.42 Å². The van der Waals surface area contributed by atoms with E-state index in [4.69, 9.17) is 21.1 Å². The van der Waals surface area contributed by atoms with Crippen LogP contribution in [0.4, 0.5) is 5.69 Å². The van der Waals surface area contributed by atoms with E-state index in [0.29, 0.717) is 34.3 Å². The highest BCUT2D eigenvalue weighted by atomic mass is 35.5. The Morgan fingerprint density at radius 1 is 1.15 bits per heavy atom. The number of H-pyrrole nitrogens is 1. The highest BCUT2D eigenvalue weighted by Crippen LogP contribution is 2.29. The van der Waals surface area contributed by atoms with Gasteiger partial charge in [-0.1, -0.05) is 23.7 Å². The molecule has 1 amide bonds. The van der Waals surface area contributed by atoms with Crippen molar-refractivity contribution in [2.75, 3.05) is 19.5 Å². The molecule has 0 aliphatic heterocycles. The number of aromatic nitrogens is 2. The van der Waals surface area contributed by atoms with Crippen molar-refractivity contribution in [3.63, 3.8) is 0 Å². The SMILES string of the molecule is COc1ccc(NC(=O)c2cc(Cc3cccc(Cl)c3)[nH]n2)c(OC)c1. The molecule has 0 saturated carbocycles. The molecule has 0 aliphatic carbocycles. The average molecular weight is 372 g/mol. The molecule has 0 spiro atoms. The summed E-state index contributed by atoms with van der Waals surface area (Å²) in [5.74, 6) is 0.817. The summed E-state index contributed by atoms with van der Waals surface area (Å²) in [6.45, 7) is 0. The summed E-state index contributed by atoms with van der Waals surface area (Å²) in [4.78, 5) is 12.5. The fourth-order valence-electron chi connectivity index (χ4n) is 2.52. The molecule has 6 nitrogen and oxygen atoms in total. The van der Waals surface area contributed by atoms with Gasteiger partial charge in [0.15, 0.2) is 5.69 Å². The standard InChI is InChI=1S/C19H18ClN3O3/c1-25-15-6-7-16(18(11-15)26-2)21-19(24)17-10-14(22-23-17)9-12-4-3-5-13(20)8-12/h3-8,10-11H,9H2,1-2H3,(H,21,24)(H,22,23). The lowest BCUT2D eigenvalue weighted by molar-refractivity contribution is 0.102. The van der Waals surface area contributed by atoms with Crippen molar-refractivity contribution < 1.29 is 14.3 Å². The van der Waals surface area contributed by atoms with Crippen LogP contribution in [0.25, 0.3) is 0 Å². The fraction of sp³-hybridized carbons (Fsp3) is 0.158. The molecule has 2 aromatic carbocycles. The molecule has 0 unspecified atom stereocenters. The third kappa shape index (κ3) is 4.15. The first-order valence-corrected chi connectivity index (χ1v) is 8.29. The van der Waals surface area contributed by atoms with Gasteiger partial charge in [0, 0.05) is 23.2 Å². The normalized spacial score (nSPS) is 10.4. The minimum Gasteiger partial charge on any atom is -0.497 e. The van der Waals surface area contributed by atoms with Crippen LogP contribution in [0.5, 0.6) is 11.5 Å². The van der Waals surface area contributed by atoms with Gasteiger partial charge in [0.25, 0.3) is 5.91 Å². The van der Waals surface area contributed by atoms with Crippen LogP contribution >= 0.6 is 11.6 Å². The van der Waals surface area contributed by atoms with Crippen molar-refractivity contribution in [2.24, 2.45) is 0 Å². The molecule has 0 atom stereocenters. The third-order valence-corrected chi connectivity index (χ3v) is 4.04. The minimum atomic E-state index is -0.331. The van der Waals surface area contributed by atoms with Crippen LogP contribution in [0.2, 0.25) is 5.02 Å². The first kappa shape index (κ1) is 17.8. The fourth-order valence-corrected chi connectivity index (χ4v) is 2.74. The van der Waals surface area contributed by atoms with Crippen molar-refractivity contribution in [3.8, 4) is 11.5 Å². The number of aromatic amines is 1. The topological polar surface area (TPSA) is 76.2 Å². The number of nitrogens with one attached hydrogen (secondary N) is 2. The molecule has 3 aromatic rings. The van der Waals surface area contributed by atoms with E-state index in [1.54, 1.807) is 31.4 Å². The lowest BCUT2D eigenvalue weighted by atomic mass is 10.1. The van der Waals surface area contributed by atoms with Gasteiger partial charge in [-0.2, -0.15) is 5.10 Å². The van der Waals surface area contributed by atoms with Crippen molar-refractivity contribution in [1.82, 2.24) is 10.2 Å². The van der Waals surface area contributed by atoms with Gasteiger partial charge < -0.3 is 14.8 Å². The molecule has 1 aromatic heterocycles. The van der Waals surface area contributed by atoms with Crippen LogP contribution < -0.4 is 14.8 Å². The molecular weight excluding hydrogens is 354 g/mol. The quantitative estimate of drug-likeness (QED) is 0.688. The van der Waals surface area contributed by atoms with E-state index in [-0.39, 0.29) is 5.91 Å². The summed E-state index contributed by atoms with van der Waals surface area (Å²) < 4.78 is 10.4. The third-order valence-electron chi connectivity index (χ3n) is 3.80. The number of rotatable bonds is 6. The Hall–Kier alpha value is -2.99. The average Bonchev–Trinajstić information content (AvgIpc) is 3.10. The zero-order valence-corrected chi connectivity index (χ0v) is 15.1. The zero-order chi connectivity index (χ0) is 18.5. The minimum absolute atomic E-state index is 0.292. The van der Waals surface area contributed by atoms with Gasteiger partial charge >= 0.3 is 0 Å². The molecule has 2 N–H and O–H groups in total. The summed E-state index contributed by atoms with van der Waals surface area (Å²) >= 11 is 6.00. The van der Waals surface area contributed by atoms with Gasteiger partial charge in [0.1, 0.15) is 11.5 Å². The van der Waals surface area contributed by atoms with E-state index in [1.165, 1.54) is 7.11 Å². The molecule has 7 heteroatoms. The van der Waals surface area contributed by atoms with Crippen LogP contribution in [-0.2, 0) is 6.42 Å². The predicted octanol–water partition coefficient (Wildman–Crippen LogP) is 3.92. The summed E-state index contributed by atoms with van der Waals surface area (Å²) in [6, 6.07) is 14.4. The number of hydrogen-bond donors (Lipinski definition) is 2. The van der Waals surface area contributed by atoms with Crippen LogP contribution in [0.15, 0.2) is 48.5 Å². The van der Waals surface area contributed by atoms with Crippen LogP contribution in [0, 0.1) is 0 Å². The summed E-state index contributed by atoms with van der Waals surface area (Å²) in [7, 11) is 3.10. The van der Waals surface area contributed by atoms with E-state index in [0.717, 1.165) is 11.3 Å². The molecule has 134 valence electrons. The Bertz CT molecular complexity index is 924. The molecule has 3 rings (SSSR count). The predicted molar refractivity (Wildman–Crippen MR) is 100 cm³/mol. The second kappa shape index (κ2) is 7.93.